The van der Waals surface area contributed by atoms with Crippen LogP contribution < -0.4 is 5.32 Å². The van der Waals surface area contributed by atoms with Crippen LogP contribution in [0.1, 0.15) is 65.8 Å². The molecule has 0 spiro atoms. The Morgan fingerprint density at radius 2 is 1.97 bits per heavy atom. The number of anilines is 1. The van der Waals surface area contributed by atoms with Gasteiger partial charge in [0, 0.05) is 50.2 Å². The van der Waals surface area contributed by atoms with Gasteiger partial charge in [-0.2, -0.15) is 0 Å². The smallest absolute Gasteiger partial charge is 0.258 e. The molecule has 0 saturated carbocycles. The molecule has 3 aromatic rings. The van der Waals surface area contributed by atoms with Crippen molar-refractivity contribution < 1.29 is 14.0 Å². The Morgan fingerprint density at radius 1 is 1.13 bits per heavy atom. The van der Waals surface area contributed by atoms with Gasteiger partial charge in [-0.05, 0) is 81.9 Å². The number of carbonyl (C=O) groups is 2. The van der Waals surface area contributed by atoms with E-state index in [0.29, 0.717) is 44.1 Å². The molecule has 2 amide bonds. The van der Waals surface area contributed by atoms with E-state index in [2.05, 4.69) is 38.8 Å². The number of hydrogen-bond donors (Lipinski definition) is 1. The number of rotatable bonds is 6. The molecule has 0 aliphatic carbocycles. The first kappa shape index (κ1) is 27.0. The van der Waals surface area contributed by atoms with Crippen molar-refractivity contribution in [3.05, 3.63) is 65.0 Å². The Balaban J connectivity index is 1.55. The second-order valence-electron chi connectivity index (χ2n) is 10.8. The summed E-state index contributed by atoms with van der Waals surface area (Å²) in [5, 5.41) is 3.06. The highest BCUT2D eigenvalue weighted by atomic mass is 19.1. The van der Waals surface area contributed by atoms with Gasteiger partial charge in [-0.25, -0.2) is 9.37 Å². The average Bonchev–Trinajstić information content (AvgIpc) is 3.37. The van der Waals surface area contributed by atoms with Crippen molar-refractivity contribution in [3.8, 4) is 0 Å². The lowest BCUT2D eigenvalue weighted by Gasteiger charge is -2.26. The fourth-order valence-corrected chi connectivity index (χ4v) is 5.87. The average molecular weight is 533 g/mol. The van der Waals surface area contributed by atoms with Crippen LogP contribution in [0.3, 0.4) is 0 Å². The number of aromatic nitrogens is 3. The Morgan fingerprint density at radius 3 is 2.72 bits per heavy atom. The summed E-state index contributed by atoms with van der Waals surface area (Å²) in [5.41, 5.74) is 5.14. The molecule has 9 heteroatoms. The summed E-state index contributed by atoms with van der Waals surface area (Å²) in [4.78, 5) is 39.3. The van der Waals surface area contributed by atoms with E-state index in [9.17, 15) is 14.0 Å². The van der Waals surface area contributed by atoms with E-state index in [1.807, 2.05) is 18.7 Å². The minimum atomic E-state index is -0.767. The summed E-state index contributed by atoms with van der Waals surface area (Å²) < 4.78 is 15.9. The van der Waals surface area contributed by atoms with E-state index >= 15 is 0 Å². The van der Waals surface area contributed by atoms with E-state index in [4.69, 9.17) is 4.98 Å². The number of likely N-dealkylation sites (tertiary alicyclic amines) is 2. The van der Waals surface area contributed by atoms with E-state index < -0.39 is 6.17 Å². The number of pyridine rings is 1. The summed E-state index contributed by atoms with van der Waals surface area (Å²) in [6, 6.07) is 7.59. The highest BCUT2D eigenvalue weighted by Gasteiger charge is 2.28. The number of allylic oxidation sites excluding steroid dienone is 1. The molecule has 2 aliphatic rings. The van der Waals surface area contributed by atoms with Crippen molar-refractivity contribution in [2.45, 2.75) is 65.2 Å². The van der Waals surface area contributed by atoms with Crippen LogP contribution in [0, 0.1) is 13.8 Å². The molecule has 0 bridgehead atoms. The molecule has 0 radical (unpaired) electrons. The number of imidazole rings is 1. The quantitative estimate of drug-likeness (QED) is 0.453. The number of benzene rings is 1. The van der Waals surface area contributed by atoms with Crippen molar-refractivity contribution in [1.29, 1.82) is 0 Å². The zero-order chi connectivity index (χ0) is 27.5. The number of carbonyl (C=O) groups excluding carboxylic acids is 2. The number of alkyl halides is 1. The van der Waals surface area contributed by atoms with Crippen LogP contribution >= 0.6 is 0 Å². The molecule has 2 aliphatic heterocycles. The third-order valence-corrected chi connectivity index (χ3v) is 7.67. The molecule has 39 heavy (non-hydrogen) atoms. The van der Waals surface area contributed by atoms with Crippen molar-refractivity contribution in [3.63, 3.8) is 0 Å². The SMILES string of the molecule is CC=CC(=O)N1CCCCC(n2c(NC(=O)c3ccnc(C)c3)nc3cc(CN4CCC(F)C4)cc(C)c32)C1. The van der Waals surface area contributed by atoms with Gasteiger partial charge in [-0.15, -0.1) is 0 Å². The van der Waals surface area contributed by atoms with Gasteiger partial charge in [0.2, 0.25) is 11.9 Å². The molecule has 4 heterocycles. The van der Waals surface area contributed by atoms with Crippen LogP contribution in [0.2, 0.25) is 0 Å². The predicted molar refractivity (Wildman–Crippen MR) is 150 cm³/mol. The Hall–Kier alpha value is -3.59. The number of halogens is 1. The lowest BCUT2D eigenvalue weighted by Crippen LogP contribution is -2.34. The summed E-state index contributed by atoms with van der Waals surface area (Å²) in [6.07, 6.45) is 7.58. The first-order chi connectivity index (χ1) is 18.8. The van der Waals surface area contributed by atoms with Crippen molar-refractivity contribution >= 4 is 28.8 Å². The van der Waals surface area contributed by atoms with Crippen LogP contribution in [0.5, 0.6) is 0 Å². The molecule has 8 nitrogen and oxygen atoms in total. The maximum atomic E-state index is 13.8. The third kappa shape index (κ3) is 6.03. The van der Waals surface area contributed by atoms with Gasteiger partial charge in [0.1, 0.15) is 6.17 Å². The molecule has 206 valence electrons. The summed E-state index contributed by atoms with van der Waals surface area (Å²) in [6.45, 7) is 8.87. The summed E-state index contributed by atoms with van der Waals surface area (Å²) in [5.74, 6) is 0.221. The normalized spacial score (nSPS) is 20.6. The maximum Gasteiger partial charge on any atom is 0.258 e. The fraction of sp³-hybridized carbons (Fsp3) is 0.467. The second-order valence-corrected chi connectivity index (χ2v) is 10.8. The number of nitrogens with one attached hydrogen (secondary N) is 1. The van der Waals surface area contributed by atoms with Crippen LogP contribution in [0.4, 0.5) is 10.3 Å². The van der Waals surface area contributed by atoms with Crippen LogP contribution in [-0.4, -0.2) is 68.5 Å². The highest BCUT2D eigenvalue weighted by Crippen LogP contribution is 2.33. The van der Waals surface area contributed by atoms with Crippen molar-refractivity contribution in [2.75, 3.05) is 31.5 Å². The standard InChI is InChI=1S/C30H37FN6O2/c1-4-7-27(38)36-12-6-5-8-25(19-36)37-28-20(2)14-22(17-35-13-10-24(31)18-35)16-26(28)33-30(37)34-29(39)23-9-11-32-21(3)15-23/h4,7,9,11,14-16,24-25H,5-6,8,10,12-13,17-19H2,1-3H3,(H,33,34,39). The molecule has 2 atom stereocenters. The molecule has 2 aromatic heterocycles. The Kier molecular flexibility index (Phi) is 8.07. The molecule has 5 rings (SSSR count). The highest BCUT2D eigenvalue weighted by molar-refractivity contribution is 6.04. The first-order valence-electron chi connectivity index (χ1n) is 13.9. The minimum Gasteiger partial charge on any atom is -0.337 e. The Bertz CT molecular complexity index is 1400. The zero-order valence-corrected chi connectivity index (χ0v) is 23.0. The minimum absolute atomic E-state index is 0.00227. The second kappa shape index (κ2) is 11.7. The van der Waals surface area contributed by atoms with Crippen LogP contribution in [-0.2, 0) is 11.3 Å². The maximum absolute atomic E-state index is 13.8. The van der Waals surface area contributed by atoms with Gasteiger partial charge in [0.25, 0.3) is 5.91 Å². The van der Waals surface area contributed by atoms with E-state index in [1.54, 1.807) is 30.5 Å². The molecule has 2 saturated heterocycles. The number of fused-ring (bicyclic) bond motifs is 1. The Labute approximate surface area is 228 Å². The van der Waals surface area contributed by atoms with E-state index in [-0.39, 0.29) is 17.9 Å². The molecular formula is C30H37FN6O2. The van der Waals surface area contributed by atoms with Crippen LogP contribution in [0.25, 0.3) is 11.0 Å². The van der Waals surface area contributed by atoms with Gasteiger partial charge in [0.15, 0.2) is 0 Å². The largest absolute Gasteiger partial charge is 0.337 e. The number of amides is 2. The van der Waals surface area contributed by atoms with Gasteiger partial charge < -0.3 is 9.47 Å². The van der Waals surface area contributed by atoms with Gasteiger partial charge in [-0.1, -0.05) is 12.1 Å². The van der Waals surface area contributed by atoms with Crippen molar-refractivity contribution in [2.24, 2.45) is 0 Å². The first-order valence-corrected chi connectivity index (χ1v) is 13.9. The lowest BCUT2D eigenvalue weighted by molar-refractivity contribution is -0.126. The topological polar surface area (TPSA) is 83.4 Å². The lowest BCUT2D eigenvalue weighted by atomic mass is 10.1. The van der Waals surface area contributed by atoms with Gasteiger partial charge >= 0.3 is 0 Å². The van der Waals surface area contributed by atoms with Crippen molar-refractivity contribution in [1.82, 2.24) is 24.3 Å². The summed E-state index contributed by atoms with van der Waals surface area (Å²) in [7, 11) is 0. The zero-order valence-electron chi connectivity index (χ0n) is 23.0. The molecule has 1 N–H and O–H groups in total. The number of hydrogen-bond acceptors (Lipinski definition) is 5. The van der Waals surface area contributed by atoms with Gasteiger partial charge in [-0.3, -0.25) is 24.8 Å². The monoisotopic (exact) mass is 532 g/mol. The molecule has 2 unspecified atom stereocenters. The van der Waals surface area contributed by atoms with Crippen LogP contribution in [0.15, 0.2) is 42.6 Å². The van der Waals surface area contributed by atoms with E-state index in [1.165, 1.54) is 0 Å². The third-order valence-electron chi connectivity index (χ3n) is 7.67. The molecule has 2 fully saturated rings. The molecule has 1 aromatic carbocycles. The summed E-state index contributed by atoms with van der Waals surface area (Å²) >= 11 is 0. The molecular weight excluding hydrogens is 495 g/mol. The van der Waals surface area contributed by atoms with E-state index in [0.717, 1.165) is 53.7 Å². The van der Waals surface area contributed by atoms with Gasteiger partial charge in [0.05, 0.1) is 17.1 Å². The number of aryl methyl sites for hydroxylation is 2. The number of nitrogens with zero attached hydrogens (tertiary/aromatic N) is 5. The predicted octanol–water partition coefficient (Wildman–Crippen LogP) is 4.97. The fourth-order valence-electron chi connectivity index (χ4n) is 5.87.